The zero-order valence-electron chi connectivity index (χ0n) is 30.5. The van der Waals surface area contributed by atoms with Gasteiger partial charge in [0.1, 0.15) is 24.9 Å². The van der Waals surface area contributed by atoms with Crippen molar-refractivity contribution in [3.63, 3.8) is 0 Å². The maximum atomic E-state index is 13.9. The first kappa shape index (κ1) is 43.3. The van der Waals surface area contributed by atoms with Crippen molar-refractivity contribution in [1.29, 1.82) is 0 Å². The van der Waals surface area contributed by atoms with Gasteiger partial charge in [-0.05, 0) is 12.0 Å². The lowest BCUT2D eigenvalue weighted by Crippen LogP contribution is -2.68. The second-order valence-electron chi connectivity index (χ2n) is 13.4. The topological polar surface area (TPSA) is 111 Å². The van der Waals surface area contributed by atoms with Crippen LogP contribution in [0.5, 0.6) is 0 Å². The van der Waals surface area contributed by atoms with Crippen LogP contribution in [-0.4, -0.2) is 72.4 Å². The number of benzene rings is 2. The van der Waals surface area contributed by atoms with E-state index in [0.29, 0.717) is 13.0 Å². The molecule has 1 N–H and O–H groups in total. The quantitative estimate of drug-likeness (QED) is 0.0540. The third-order valence-corrected chi connectivity index (χ3v) is 9.39. The van der Waals surface area contributed by atoms with E-state index in [0.717, 1.165) is 30.4 Å². The molecule has 2 aliphatic rings. The van der Waals surface area contributed by atoms with Crippen molar-refractivity contribution in [3.8, 4) is 0 Å². The maximum Gasteiger partial charge on any atom is 0.407 e. The van der Waals surface area contributed by atoms with Crippen molar-refractivity contribution in [3.05, 3.63) is 84.4 Å². The van der Waals surface area contributed by atoms with Crippen LogP contribution >= 0.6 is 34.8 Å². The highest BCUT2D eigenvalue weighted by atomic mass is 35.6. The summed E-state index contributed by atoms with van der Waals surface area (Å²) in [5, 5.41) is 2.71. The summed E-state index contributed by atoms with van der Waals surface area (Å²) in [5.74, 6) is -0.528. The predicted molar refractivity (Wildman–Crippen MR) is 205 cm³/mol. The number of halogens is 3. The maximum absolute atomic E-state index is 13.9. The van der Waals surface area contributed by atoms with Crippen LogP contribution in [0.1, 0.15) is 95.0 Å². The fourth-order valence-corrected chi connectivity index (χ4v) is 6.54. The van der Waals surface area contributed by atoms with Crippen LogP contribution in [-0.2, 0) is 44.6 Å². The van der Waals surface area contributed by atoms with E-state index >= 15 is 0 Å². The number of unbranched alkanes of at least 4 members (excludes halogenated alkanes) is 8. The number of esters is 1. The van der Waals surface area contributed by atoms with Crippen LogP contribution in [0.2, 0.25) is 0 Å². The monoisotopic (exact) mass is 797 g/mol. The molecule has 0 spiro atoms. The summed E-state index contributed by atoms with van der Waals surface area (Å²) in [6.07, 6.45) is 7.01. The van der Waals surface area contributed by atoms with Crippen LogP contribution in [0.15, 0.2) is 73.3 Å². The van der Waals surface area contributed by atoms with E-state index < -0.39 is 65.5 Å². The molecule has 294 valence electrons. The average molecular weight is 799 g/mol. The molecule has 2 saturated heterocycles. The molecule has 4 rings (SSSR count). The van der Waals surface area contributed by atoms with Gasteiger partial charge in [-0.1, -0.05) is 166 Å². The predicted octanol–water partition coefficient (Wildman–Crippen LogP) is 9.30. The Kier molecular flexibility index (Phi) is 19.2. The van der Waals surface area contributed by atoms with Gasteiger partial charge in [0.15, 0.2) is 18.7 Å². The molecule has 7 atom stereocenters. The van der Waals surface area contributed by atoms with E-state index in [-0.39, 0.29) is 19.6 Å². The van der Waals surface area contributed by atoms with Crippen LogP contribution in [0.4, 0.5) is 4.79 Å². The molecule has 0 aromatic heterocycles. The van der Waals surface area contributed by atoms with Gasteiger partial charge in [0, 0.05) is 5.56 Å². The molecule has 2 heterocycles. The third-order valence-electron chi connectivity index (χ3n) is 9.06. The molecule has 10 nitrogen and oxygen atoms in total. The number of amides is 1. The number of hydrogen-bond donors (Lipinski definition) is 1. The second-order valence-corrected chi connectivity index (χ2v) is 15.9. The highest BCUT2D eigenvalue weighted by molar-refractivity contribution is 6.67. The van der Waals surface area contributed by atoms with E-state index in [4.69, 9.17) is 68.0 Å². The minimum absolute atomic E-state index is 0.0141. The van der Waals surface area contributed by atoms with Crippen molar-refractivity contribution in [1.82, 2.24) is 5.32 Å². The van der Waals surface area contributed by atoms with Gasteiger partial charge in [-0.2, -0.15) is 0 Å². The summed E-state index contributed by atoms with van der Waals surface area (Å²) in [5.41, 5.74) is 1.77. The molecule has 2 fully saturated rings. The lowest BCUT2D eigenvalue weighted by molar-refractivity contribution is -0.343. The van der Waals surface area contributed by atoms with Gasteiger partial charge in [-0.15, -0.1) is 6.58 Å². The summed E-state index contributed by atoms with van der Waals surface area (Å²) >= 11 is 17.5. The first-order valence-corrected chi connectivity index (χ1v) is 19.8. The van der Waals surface area contributed by atoms with E-state index in [1.165, 1.54) is 44.6 Å². The van der Waals surface area contributed by atoms with Gasteiger partial charge in [-0.25, -0.2) is 4.79 Å². The molecular weight excluding hydrogens is 745 g/mol. The zero-order chi connectivity index (χ0) is 37.9. The van der Waals surface area contributed by atoms with Gasteiger partial charge in [0.25, 0.3) is 0 Å². The summed E-state index contributed by atoms with van der Waals surface area (Å²) in [6, 6.07) is 18.1. The number of alkyl carbamates (subject to hydrolysis) is 1. The number of alkyl halides is 3. The normalized spacial score (nSPS) is 23.4. The van der Waals surface area contributed by atoms with Gasteiger partial charge in [-0.3, -0.25) is 4.79 Å². The van der Waals surface area contributed by atoms with E-state index in [1.54, 1.807) is 0 Å². The number of nitrogens with one attached hydrogen (secondary N) is 1. The van der Waals surface area contributed by atoms with Crippen molar-refractivity contribution in [2.45, 2.75) is 131 Å². The molecule has 13 heteroatoms. The Morgan fingerprint density at radius 2 is 1.60 bits per heavy atom. The summed E-state index contributed by atoms with van der Waals surface area (Å²) < 4.78 is 40.5. The van der Waals surface area contributed by atoms with Crippen molar-refractivity contribution in [2.75, 3.05) is 19.8 Å². The van der Waals surface area contributed by atoms with Crippen LogP contribution < -0.4 is 5.32 Å². The van der Waals surface area contributed by atoms with Crippen molar-refractivity contribution in [2.24, 2.45) is 0 Å². The van der Waals surface area contributed by atoms with Crippen LogP contribution in [0.3, 0.4) is 0 Å². The van der Waals surface area contributed by atoms with Crippen molar-refractivity contribution >= 4 is 46.9 Å². The molecule has 0 saturated carbocycles. The molecule has 0 radical (unpaired) electrons. The van der Waals surface area contributed by atoms with E-state index in [9.17, 15) is 9.59 Å². The first-order chi connectivity index (χ1) is 25.7. The minimum atomic E-state index is -1.84. The number of fused-ring (bicyclic) bond motifs is 1. The lowest BCUT2D eigenvalue weighted by atomic mass is 9.95. The molecule has 0 unspecified atom stereocenters. The molecule has 53 heavy (non-hydrogen) atoms. The Hall–Kier alpha value is -2.41. The highest BCUT2D eigenvalue weighted by Crippen LogP contribution is 2.36. The van der Waals surface area contributed by atoms with Crippen LogP contribution in [0.25, 0.3) is 0 Å². The summed E-state index contributed by atoms with van der Waals surface area (Å²) in [7, 11) is 0. The number of carbonyl (C=O) groups is 2. The number of hydrogen-bond acceptors (Lipinski definition) is 9. The van der Waals surface area contributed by atoms with E-state index in [1.807, 2.05) is 60.7 Å². The summed E-state index contributed by atoms with van der Waals surface area (Å²) in [4.78, 5) is 27.0. The van der Waals surface area contributed by atoms with Gasteiger partial charge in [0.05, 0.1) is 32.3 Å². The minimum Gasteiger partial charge on any atom is -0.457 e. The lowest BCUT2D eigenvalue weighted by Gasteiger charge is -2.48. The fourth-order valence-electron chi connectivity index (χ4n) is 6.38. The summed E-state index contributed by atoms with van der Waals surface area (Å²) in [6.45, 7) is 5.97. The molecule has 2 aromatic carbocycles. The standard InChI is InChI=1S/C40H54Cl3NO9/c1-3-5-6-7-8-9-10-11-18-23-31(48-26-29-19-14-12-15-20-29)25-33(45)52-36-34(44-39(46)50-28-40(41,42)43)38(47-24-4-2)51-32-27-49-37(53-35(32)36)30-21-16-13-17-22-30/h4,12-17,19-22,31-32,34-38H,2-3,5-11,18,23-28H2,1H3,(H,44,46)/t31-,32+,34+,35+,36+,37+,38-/m0/s1. The Bertz CT molecular complexity index is 1350. The Balaban J connectivity index is 1.50. The largest absolute Gasteiger partial charge is 0.457 e. The molecule has 1 amide bonds. The average Bonchev–Trinajstić information content (AvgIpc) is 3.15. The third kappa shape index (κ3) is 15.7. The molecular formula is C40H54Cl3NO9. The zero-order valence-corrected chi connectivity index (χ0v) is 32.8. The fraction of sp³-hybridized carbons (Fsp3) is 0.600. The number of carbonyl (C=O) groups excluding carboxylic acids is 2. The molecule has 2 aliphatic heterocycles. The molecule has 0 aliphatic carbocycles. The Morgan fingerprint density at radius 1 is 0.943 bits per heavy atom. The smallest absolute Gasteiger partial charge is 0.407 e. The van der Waals surface area contributed by atoms with Gasteiger partial charge >= 0.3 is 12.1 Å². The van der Waals surface area contributed by atoms with Gasteiger partial charge < -0.3 is 38.5 Å². The second kappa shape index (κ2) is 23.5. The molecule has 2 aromatic rings. The highest BCUT2D eigenvalue weighted by Gasteiger charge is 2.53. The van der Waals surface area contributed by atoms with Crippen molar-refractivity contribution < 1.29 is 42.7 Å². The van der Waals surface area contributed by atoms with Gasteiger partial charge in [0.2, 0.25) is 3.79 Å². The van der Waals surface area contributed by atoms with E-state index in [2.05, 4.69) is 18.8 Å². The molecule has 0 bridgehead atoms. The Labute approximate surface area is 329 Å². The first-order valence-electron chi connectivity index (χ1n) is 18.7. The Morgan fingerprint density at radius 3 is 2.26 bits per heavy atom. The SMILES string of the molecule is C=CCO[C@H]1O[C@@H]2CO[C@@H](c3ccccc3)O[C@H]2[C@H](OC(=O)C[C@H](CCCCCCCCCCC)OCc2ccccc2)[C@H]1NC(=O)OCC(Cl)(Cl)Cl. The number of ether oxygens (including phenoxy) is 7. The number of rotatable bonds is 22. The van der Waals surface area contributed by atoms with Crippen LogP contribution in [0, 0.1) is 0 Å².